The van der Waals surface area contributed by atoms with Crippen molar-refractivity contribution in [2.24, 2.45) is 5.73 Å². The topological polar surface area (TPSA) is 61.8 Å². The summed E-state index contributed by atoms with van der Waals surface area (Å²) in [6, 6.07) is 17.7. The van der Waals surface area contributed by atoms with Crippen molar-refractivity contribution in [3.8, 4) is 6.07 Å². The number of hydrogen-bond acceptors (Lipinski definition) is 3. The van der Waals surface area contributed by atoms with Crippen LogP contribution >= 0.6 is 11.6 Å². The Morgan fingerprint density at radius 3 is 2.62 bits per heavy atom. The largest absolute Gasteiger partial charge is 0.377 e. The summed E-state index contributed by atoms with van der Waals surface area (Å²) in [4.78, 5) is 0. The van der Waals surface area contributed by atoms with Crippen LogP contribution in [0.5, 0.6) is 0 Å². The van der Waals surface area contributed by atoms with E-state index in [0.29, 0.717) is 17.1 Å². The lowest BCUT2D eigenvalue weighted by atomic mass is 10.0. The fourth-order valence-corrected chi connectivity index (χ4v) is 2.42. The van der Waals surface area contributed by atoms with Gasteiger partial charge < -0.3 is 11.1 Å². The molecule has 1 unspecified atom stereocenters. The zero-order chi connectivity index (χ0) is 15.1. The fourth-order valence-electron chi connectivity index (χ4n) is 2.25. The lowest BCUT2D eigenvalue weighted by Gasteiger charge is -2.21. The standard InChI is InChI=1S/C17H18ClN3/c18-15-9-8-14(12-20)17(11-15)21-16(7-4-10-19)13-5-2-1-3-6-13/h1-3,5-6,8-9,11,16,21H,4,7,10,19H2. The van der Waals surface area contributed by atoms with Gasteiger partial charge in [-0.05, 0) is 43.1 Å². The molecule has 108 valence electrons. The Morgan fingerprint density at radius 2 is 1.95 bits per heavy atom. The first-order chi connectivity index (χ1) is 10.2. The maximum atomic E-state index is 9.22. The lowest BCUT2D eigenvalue weighted by Crippen LogP contribution is -2.13. The third-order valence-corrected chi connectivity index (χ3v) is 3.57. The number of nitrogens with one attached hydrogen (secondary N) is 1. The van der Waals surface area contributed by atoms with Crippen molar-refractivity contribution < 1.29 is 0 Å². The second kappa shape index (κ2) is 7.68. The molecule has 2 aromatic carbocycles. The van der Waals surface area contributed by atoms with Gasteiger partial charge in [-0.15, -0.1) is 0 Å². The Hall–Kier alpha value is -2.02. The van der Waals surface area contributed by atoms with Crippen molar-refractivity contribution in [2.75, 3.05) is 11.9 Å². The third kappa shape index (κ3) is 4.22. The summed E-state index contributed by atoms with van der Waals surface area (Å²) in [6.45, 7) is 0.645. The summed E-state index contributed by atoms with van der Waals surface area (Å²) < 4.78 is 0. The highest BCUT2D eigenvalue weighted by atomic mass is 35.5. The van der Waals surface area contributed by atoms with Gasteiger partial charge in [0.15, 0.2) is 0 Å². The Morgan fingerprint density at radius 1 is 1.19 bits per heavy atom. The van der Waals surface area contributed by atoms with Crippen LogP contribution in [-0.2, 0) is 0 Å². The van der Waals surface area contributed by atoms with Crippen molar-refractivity contribution in [3.05, 3.63) is 64.7 Å². The number of halogens is 1. The molecule has 0 aliphatic heterocycles. The van der Waals surface area contributed by atoms with Gasteiger partial charge in [-0.3, -0.25) is 0 Å². The lowest BCUT2D eigenvalue weighted by molar-refractivity contribution is 0.651. The maximum absolute atomic E-state index is 9.22. The smallest absolute Gasteiger partial charge is 0.101 e. The monoisotopic (exact) mass is 299 g/mol. The predicted octanol–water partition coefficient (Wildman–Crippen LogP) is 4.10. The van der Waals surface area contributed by atoms with E-state index in [9.17, 15) is 5.26 Å². The molecule has 0 spiro atoms. The number of hydrogen-bond donors (Lipinski definition) is 2. The van der Waals surface area contributed by atoms with Crippen LogP contribution in [0.15, 0.2) is 48.5 Å². The van der Waals surface area contributed by atoms with Crippen LogP contribution in [0.1, 0.15) is 30.0 Å². The van der Waals surface area contributed by atoms with Crippen LogP contribution in [0, 0.1) is 11.3 Å². The Balaban J connectivity index is 2.27. The van der Waals surface area contributed by atoms with Crippen LogP contribution < -0.4 is 11.1 Å². The van der Waals surface area contributed by atoms with Gasteiger partial charge in [-0.2, -0.15) is 5.26 Å². The van der Waals surface area contributed by atoms with Crippen LogP contribution in [0.4, 0.5) is 5.69 Å². The van der Waals surface area contributed by atoms with Crippen molar-refractivity contribution >= 4 is 17.3 Å². The van der Waals surface area contributed by atoms with E-state index < -0.39 is 0 Å². The van der Waals surface area contributed by atoms with E-state index in [1.807, 2.05) is 18.2 Å². The van der Waals surface area contributed by atoms with E-state index in [1.165, 1.54) is 5.56 Å². The van der Waals surface area contributed by atoms with Crippen LogP contribution in [0.25, 0.3) is 0 Å². The molecule has 4 heteroatoms. The molecule has 0 saturated carbocycles. The number of nitrogens with two attached hydrogens (primary N) is 1. The maximum Gasteiger partial charge on any atom is 0.101 e. The average Bonchev–Trinajstić information content (AvgIpc) is 2.52. The molecule has 0 aromatic heterocycles. The van der Waals surface area contributed by atoms with Gasteiger partial charge >= 0.3 is 0 Å². The molecule has 0 fully saturated rings. The van der Waals surface area contributed by atoms with Crippen LogP contribution in [-0.4, -0.2) is 6.54 Å². The Bertz CT molecular complexity index is 620. The average molecular weight is 300 g/mol. The van der Waals surface area contributed by atoms with E-state index in [2.05, 4.69) is 23.5 Å². The third-order valence-electron chi connectivity index (χ3n) is 3.33. The second-order valence-corrected chi connectivity index (χ2v) is 5.28. The first kappa shape index (κ1) is 15.4. The van der Waals surface area contributed by atoms with E-state index in [-0.39, 0.29) is 6.04 Å². The highest BCUT2D eigenvalue weighted by Gasteiger charge is 2.13. The summed E-state index contributed by atoms with van der Waals surface area (Å²) in [7, 11) is 0. The molecule has 3 N–H and O–H groups in total. The molecule has 2 rings (SSSR count). The molecule has 1 atom stereocenters. The van der Waals surface area contributed by atoms with Crippen molar-refractivity contribution in [1.29, 1.82) is 5.26 Å². The molecule has 0 saturated heterocycles. The minimum absolute atomic E-state index is 0.111. The number of anilines is 1. The second-order valence-electron chi connectivity index (χ2n) is 4.84. The summed E-state index contributed by atoms with van der Waals surface area (Å²) in [5.41, 5.74) is 8.15. The molecule has 0 aliphatic carbocycles. The quantitative estimate of drug-likeness (QED) is 0.844. The zero-order valence-electron chi connectivity index (χ0n) is 11.7. The van der Waals surface area contributed by atoms with Gasteiger partial charge in [0.25, 0.3) is 0 Å². The fraction of sp³-hybridized carbons (Fsp3) is 0.235. The molecule has 0 amide bonds. The molecule has 2 aromatic rings. The number of nitrogens with zero attached hydrogens (tertiary/aromatic N) is 1. The summed E-state index contributed by atoms with van der Waals surface area (Å²) in [5, 5.41) is 13.3. The van der Waals surface area contributed by atoms with E-state index in [4.69, 9.17) is 17.3 Å². The Kier molecular flexibility index (Phi) is 5.62. The summed E-state index contributed by atoms with van der Waals surface area (Å²) >= 11 is 6.04. The van der Waals surface area contributed by atoms with E-state index in [1.54, 1.807) is 18.2 Å². The molecular formula is C17H18ClN3. The van der Waals surface area contributed by atoms with Crippen molar-refractivity contribution in [2.45, 2.75) is 18.9 Å². The van der Waals surface area contributed by atoms with Gasteiger partial charge in [0, 0.05) is 5.02 Å². The van der Waals surface area contributed by atoms with Gasteiger partial charge in [0.2, 0.25) is 0 Å². The van der Waals surface area contributed by atoms with Gasteiger partial charge in [0.05, 0.1) is 17.3 Å². The Labute approximate surface area is 130 Å². The highest BCUT2D eigenvalue weighted by Crippen LogP contribution is 2.27. The first-order valence-corrected chi connectivity index (χ1v) is 7.33. The van der Waals surface area contributed by atoms with Gasteiger partial charge in [0.1, 0.15) is 6.07 Å². The van der Waals surface area contributed by atoms with E-state index in [0.717, 1.165) is 18.5 Å². The highest BCUT2D eigenvalue weighted by molar-refractivity contribution is 6.30. The minimum atomic E-state index is 0.111. The first-order valence-electron chi connectivity index (χ1n) is 6.96. The molecule has 0 aliphatic rings. The molecule has 0 radical (unpaired) electrons. The number of benzene rings is 2. The zero-order valence-corrected chi connectivity index (χ0v) is 12.5. The molecular weight excluding hydrogens is 282 g/mol. The van der Waals surface area contributed by atoms with Crippen LogP contribution in [0.2, 0.25) is 5.02 Å². The van der Waals surface area contributed by atoms with Gasteiger partial charge in [-0.1, -0.05) is 41.9 Å². The molecule has 21 heavy (non-hydrogen) atoms. The number of nitriles is 1. The number of rotatable bonds is 6. The van der Waals surface area contributed by atoms with Crippen molar-refractivity contribution in [3.63, 3.8) is 0 Å². The summed E-state index contributed by atoms with van der Waals surface area (Å²) in [6.07, 6.45) is 1.81. The van der Waals surface area contributed by atoms with Crippen molar-refractivity contribution in [1.82, 2.24) is 0 Å². The van der Waals surface area contributed by atoms with E-state index >= 15 is 0 Å². The molecule has 3 nitrogen and oxygen atoms in total. The van der Waals surface area contributed by atoms with Crippen LogP contribution in [0.3, 0.4) is 0 Å². The predicted molar refractivity (Wildman–Crippen MR) is 87.3 cm³/mol. The SMILES string of the molecule is N#Cc1ccc(Cl)cc1NC(CCCN)c1ccccc1. The summed E-state index contributed by atoms with van der Waals surface area (Å²) in [5.74, 6) is 0. The normalized spacial score (nSPS) is 11.7. The molecule has 0 bridgehead atoms. The minimum Gasteiger partial charge on any atom is -0.377 e. The van der Waals surface area contributed by atoms with Gasteiger partial charge in [-0.25, -0.2) is 0 Å². The molecule has 0 heterocycles.